The van der Waals surface area contributed by atoms with Gasteiger partial charge >= 0.3 is 21.1 Å². The van der Waals surface area contributed by atoms with Crippen LogP contribution in [0.25, 0.3) is 38.8 Å². The number of hydrogen-bond acceptors (Lipinski definition) is 3. The van der Waals surface area contributed by atoms with Crippen LogP contribution in [0.1, 0.15) is 156 Å². The molecule has 0 amide bonds. The first-order valence-electron chi connectivity index (χ1n) is 23.2. The Hall–Kier alpha value is -4.79. The molecule has 0 fully saturated rings. The van der Waals surface area contributed by atoms with Crippen LogP contribution in [0.2, 0.25) is 0 Å². The summed E-state index contributed by atoms with van der Waals surface area (Å²) in [6.45, 7) is 36.9. The van der Waals surface area contributed by atoms with Crippen LogP contribution in [0.3, 0.4) is 0 Å². The SMILES string of the molecule is Cc1ccc2c(c1)c1cc(C)c(-c3cc(C(C)(C)C)ccn3)[c-]c1n2-c1[c-]c(C2=N[C@]3(C)Cc4cc(C)c(C)cc4[C@]3(C)N2c2c(C(C)C)cccc2C(C)C)cc(C(C)(C)C)c1.[Pt+2]. The summed E-state index contributed by atoms with van der Waals surface area (Å²) in [6.07, 6.45) is 2.83. The molecule has 1 aliphatic heterocycles. The molecule has 9 rings (SSSR count). The van der Waals surface area contributed by atoms with Crippen LogP contribution in [0.15, 0.2) is 90.1 Å². The van der Waals surface area contributed by atoms with Crippen molar-refractivity contribution in [2.24, 2.45) is 4.99 Å². The van der Waals surface area contributed by atoms with Gasteiger partial charge in [-0.05, 0) is 137 Å². The predicted octanol–water partition coefficient (Wildman–Crippen LogP) is 15.0. The zero-order valence-corrected chi connectivity index (χ0v) is 43.3. The van der Waals surface area contributed by atoms with Crippen molar-refractivity contribution in [3.05, 3.63) is 158 Å². The Balaban J connectivity index is 0.00000560. The second kappa shape index (κ2) is 15.7. The molecule has 0 saturated heterocycles. The minimum absolute atomic E-state index is 0. The van der Waals surface area contributed by atoms with Crippen LogP contribution >= 0.6 is 0 Å². The molecule has 0 bridgehead atoms. The standard InChI is InChI=1S/C59H66N4.Pt/c1-34(2)45-18-17-19-46(35(3)4)54(45)63-55(61-58(15)33-41-25-37(6)38(7)27-50(41)59(58,63)16)40-28-43(57(12,13)14)30-44(29-40)62-52-21-20-36(5)24-48(52)49-26-39(8)47(32-53(49)62)51-31-42(22-23-60-51)56(9,10)11;/h17-28,30-31,34-35H,33H2,1-16H3;/q-2;+2/t58-,59+;/m1./s1. The summed E-state index contributed by atoms with van der Waals surface area (Å²) in [5, 5.41) is 2.40. The van der Waals surface area contributed by atoms with Crippen LogP contribution in [0.5, 0.6) is 0 Å². The molecular weight excluding hydrogens is 960 g/mol. The van der Waals surface area contributed by atoms with Crippen molar-refractivity contribution < 1.29 is 21.1 Å². The molecule has 0 radical (unpaired) electrons. The average molecular weight is 1030 g/mol. The van der Waals surface area contributed by atoms with Gasteiger partial charge < -0.3 is 19.4 Å². The molecule has 5 heteroatoms. The quantitative estimate of drug-likeness (QED) is 0.156. The summed E-state index contributed by atoms with van der Waals surface area (Å²) < 4.78 is 2.41. The molecule has 5 aromatic carbocycles. The monoisotopic (exact) mass is 1030 g/mol. The Morgan fingerprint density at radius 1 is 0.688 bits per heavy atom. The molecule has 332 valence electrons. The minimum Gasteiger partial charge on any atom is -0.354 e. The van der Waals surface area contributed by atoms with E-state index < -0.39 is 11.1 Å². The van der Waals surface area contributed by atoms with Gasteiger partial charge in [0, 0.05) is 17.4 Å². The van der Waals surface area contributed by atoms with E-state index in [1.54, 1.807) is 0 Å². The van der Waals surface area contributed by atoms with Crippen molar-refractivity contribution in [3.63, 3.8) is 0 Å². The molecule has 2 aliphatic rings. The zero-order valence-electron chi connectivity index (χ0n) is 41.0. The maximum absolute atomic E-state index is 6.02. The van der Waals surface area contributed by atoms with E-state index in [4.69, 9.17) is 9.98 Å². The minimum atomic E-state index is -0.449. The maximum Gasteiger partial charge on any atom is 2.00 e. The van der Waals surface area contributed by atoms with Crippen LogP contribution < -0.4 is 4.90 Å². The van der Waals surface area contributed by atoms with E-state index in [2.05, 4.69) is 211 Å². The van der Waals surface area contributed by atoms with Gasteiger partial charge in [0.2, 0.25) is 0 Å². The number of aryl methyl sites for hydroxylation is 4. The molecule has 2 atom stereocenters. The number of hydrogen-bond donors (Lipinski definition) is 0. The third kappa shape index (κ3) is 7.13. The number of nitrogens with zero attached hydrogens (tertiary/aromatic N) is 4. The van der Waals surface area contributed by atoms with E-state index in [1.165, 1.54) is 66.5 Å². The number of aromatic nitrogens is 2. The molecule has 0 spiro atoms. The first kappa shape index (κ1) is 45.8. The average Bonchev–Trinajstić information content (AvgIpc) is 3.72. The number of aliphatic imine (C=N–C) groups is 1. The van der Waals surface area contributed by atoms with Crippen molar-refractivity contribution in [3.8, 4) is 16.9 Å². The summed E-state index contributed by atoms with van der Waals surface area (Å²) >= 11 is 0. The second-order valence-electron chi connectivity index (χ2n) is 22.0. The van der Waals surface area contributed by atoms with Crippen molar-refractivity contribution in [2.75, 3.05) is 4.90 Å². The molecule has 0 saturated carbocycles. The summed E-state index contributed by atoms with van der Waals surface area (Å²) in [7, 11) is 0. The van der Waals surface area contributed by atoms with Crippen molar-refractivity contribution >= 4 is 33.3 Å². The van der Waals surface area contributed by atoms with Crippen molar-refractivity contribution in [1.29, 1.82) is 0 Å². The van der Waals surface area contributed by atoms with Gasteiger partial charge in [0.25, 0.3) is 0 Å². The maximum atomic E-state index is 6.02. The molecule has 4 nitrogen and oxygen atoms in total. The number of benzene rings is 5. The van der Waals surface area contributed by atoms with E-state index in [-0.39, 0.29) is 31.9 Å². The summed E-state index contributed by atoms with van der Waals surface area (Å²) in [5.41, 5.74) is 19.4. The van der Waals surface area contributed by atoms with Crippen LogP contribution in [-0.4, -0.2) is 20.9 Å². The number of pyridine rings is 1. The second-order valence-corrected chi connectivity index (χ2v) is 22.0. The summed E-state index contributed by atoms with van der Waals surface area (Å²) in [5.74, 6) is 1.61. The van der Waals surface area contributed by atoms with Crippen molar-refractivity contribution in [2.45, 2.75) is 151 Å². The third-order valence-electron chi connectivity index (χ3n) is 14.7. The Morgan fingerprint density at radius 2 is 1.34 bits per heavy atom. The van der Waals surface area contributed by atoms with Gasteiger partial charge in [-0.15, -0.1) is 52.6 Å². The molecule has 1 aliphatic carbocycles. The van der Waals surface area contributed by atoms with E-state index in [0.29, 0.717) is 11.8 Å². The first-order valence-corrected chi connectivity index (χ1v) is 23.2. The fraction of sp³-hybridized carbons (Fsp3) is 0.390. The first-order chi connectivity index (χ1) is 29.5. The normalized spacial score (nSPS) is 18.6. The molecule has 7 aromatic rings. The van der Waals surface area contributed by atoms with E-state index in [0.717, 1.165) is 51.4 Å². The van der Waals surface area contributed by atoms with Crippen LogP contribution in [0, 0.1) is 39.8 Å². The Morgan fingerprint density at radius 3 is 1.98 bits per heavy atom. The fourth-order valence-corrected chi connectivity index (χ4v) is 10.6. The van der Waals surface area contributed by atoms with Gasteiger partial charge in [0.05, 0.1) is 16.9 Å². The molecule has 64 heavy (non-hydrogen) atoms. The molecule has 0 N–H and O–H groups in total. The number of amidine groups is 1. The van der Waals surface area contributed by atoms with Crippen molar-refractivity contribution in [1.82, 2.24) is 9.55 Å². The Labute approximate surface area is 397 Å². The van der Waals surface area contributed by atoms with Gasteiger partial charge in [-0.2, -0.15) is 0 Å². The van der Waals surface area contributed by atoms with Gasteiger partial charge in [-0.1, -0.05) is 136 Å². The molecular formula is C59H66N4Pt. The fourth-order valence-electron chi connectivity index (χ4n) is 10.6. The zero-order chi connectivity index (χ0) is 45.3. The van der Waals surface area contributed by atoms with E-state index in [9.17, 15) is 0 Å². The molecule has 2 aromatic heterocycles. The number of para-hydroxylation sites is 1. The molecule has 0 unspecified atom stereocenters. The van der Waals surface area contributed by atoms with Crippen LogP contribution in [-0.2, 0) is 43.9 Å². The number of fused-ring (bicyclic) bond motifs is 6. The number of rotatable bonds is 6. The van der Waals surface area contributed by atoms with Gasteiger partial charge in [-0.3, -0.25) is 0 Å². The topological polar surface area (TPSA) is 33.4 Å². The summed E-state index contributed by atoms with van der Waals surface area (Å²) in [6, 6.07) is 38.3. The van der Waals surface area contributed by atoms with E-state index >= 15 is 0 Å². The predicted molar refractivity (Wildman–Crippen MR) is 268 cm³/mol. The third-order valence-corrected chi connectivity index (χ3v) is 14.7. The van der Waals surface area contributed by atoms with Gasteiger partial charge in [-0.25, -0.2) is 0 Å². The largest absolute Gasteiger partial charge is 2.00 e. The Kier molecular flexibility index (Phi) is 11.2. The summed E-state index contributed by atoms with van der Waals surface area (Å²) in [4.78, 5) is 13.6. The van der Waals surface area contributed by atoms with E-state index in [1.807, 2.05) is 6.20 Å². The van der Waals surface area contributed by atoms with Gasteiger partial charge in [0.1, 0.15) is 0 Å². The smallest absolute Gasteiger partial charge is 0.354 e. The Bertz CT molecular complexity index is 3010. The number of anilines is 1. The molecule has 3 heterocycles. The van der Waals surface area contributed by atoms with Crippen LogP contribution in [0.4, 0.5) is 5.69 Å². The van der Waals surface area contributed by atoms with Gasteiger partial charge in [0.15, 0.2) is 0 Å².